The number of hydrogen-bond donors (Lipinski definition) is 2. The molecule has 23 heavy (non-hydrogen) atoms. The summed E-state index contributed by atoms with van der Waals surface area (Å²) in [5.41, 5.74) is 7.96. The Kier molecular flexibility index (Phi) is 8.18. The van der Waals surface area contributed by atoms with Crippen molar-refractivity contribution in [1.29, 1.82) is 0 Å². The number of nitrogens with one attached hydrogen (secondary N) is 1. The molecule has 0 amide bonds. The molecule has 0 spiro atoms. The zero-order chi connectivity index (χ0) is 15.8. The second-order valence-electron chi connectivity index (χ2n) is 4.89. The number of rotatable bonds is 6. The normalized spacial score (nSPS) is 10.6. The molecule has 0 fully saturated rings. The molecule has 0 aliphatic rings. The van der Waals surface area contributed by atoms with Gasteiger partial charge in [-0.2, -0.15) is 0 Å². The summed E-state index contributed by atoms with van der Waals surface area (Å²) in [4.78, 5) is 4.30. The molecule has 3 N–H and O–H groups in total. The number of aryl methyl sites for hydroxylation is 1. The number of para-hydroxylation sites is 1. The van der Waals surface area contributed by atoms with Crippen molar-refractivity contribution in [2.45, 2.75) is 13.5 Å². The molecule has 122 valence electrons. The van der Waals surface area contributed by atoms with Gasteiger partial charge in [0, 0.05) is 12.1 Å². The average Bonchev–Trinajstić information content (AvgIpc) is 2.54. The van der Waals surface area contributed by atoms with Crippen molar-refractivity contribution in [2.75, 3.05) is 6.54 Å². The Labute approximate surface area is 154 Å². The van der Waals surface area contributed by atoms with E-state index in [4.69, 9.17) is 10.5 Å². The molecule has 0 saturated carbocycles. The fourth-order valence-corrected chi connectivity index (χ4v) is 1.87. The van der Waals surface area contributed by atoms with Gasteiger partial charge < -0.3 is 15.8 Å². The van der Waals surface area contributed by atoms with E-state index < -0.39 is 0 Å². The molecule has 2 aromatic rings. The molecule has 0 heterocycles. The van der Waals surface area contributed by atoms with Crippen molar-refractivity contribution in [3.63, 3.8) is 0 Å². The van der Waals surface area contributed by atoms with Crippen LogP contribution in [-0.2, 0) is 6.54 Å². The quantitative estimate of drug-likeness (QED) is 0.320. The first kappa shape index (κ1) is 19.0. The summed E-state index contributed by atoms with van der Waals surface area (Å²) in [6, 6.07) is 15.8. The van der Waals surface area contributed by atoms with Gasteiger partial charge >= 0.3 is 0 Å². The summed E-state index contributed by atoms with van der Waals surface area (Å²) >= 11 is 0. The van der Waals surface area contributed by atoms with Gasteiger partial charge in [0.2, 0.25) is 0 Å². The van der Waals surface area contributed by atoms with Gasteiger partial charge in [-0.1, -0.05) is 42.0 Å². The van der Waals surface area contributed by atoms with Gasteiger partial charge in [0.1, 0.15) is 11.5 Å². The Balaban J connectivity index is 0.00000264. The predicted molar refractivity (Wildman–Crippen MR) is 107 cm³/mol. The van der Waals surface area contributed by atoms with E-state index in [1.807, 2.05) is 55.5 Å². The SMILES string of the molecule is C=CCNC(N)=NCc1ccccc1Oc1ccc(C)cc1.I. The molecule has 0 radical (unpaired) electrons. The van der Waals surface area contributed by atoms with Crippen LogP contribution in [-0.4, -0.2) is 12.5 Å². The summed E-state index contributed by atoms with van der Waals surface area (Å²) in [6.07, 6.45) is 1.73. The van der Waals surface area contributed by atoms with Crippen LogP contribution in [0.2, 0.25) is 0 Å². The lowest BCUT2D eigenvalue weighted by molar-refractivity contribution is 0.476. The molecule has 0 aliphatic carbocycles. The number of nitrogens with zero attached hydrogens (tertiary/aromatic N) is 1. The molecule has 5 heteroatoms. The molecule has 2 rings (SSSR count). The lowest BCUT2D eigenvalue weighted by Gasteiger charge is -2.10. The lowest BCUT2D eigenvalue weighted by Crippen LogP contribution is -2.31. The van der Waals surface area contributed by atoms with E-state index in [9.17, 15) is 0 Å². The van der Waals surface area contributed by atoms with Crippen LogP contribution in [0, 0.1) is 6.92 Å². The second kappa shape index (κ2) is 9.89. The molecule has 0 unspecified atom stereocenters. The fourth-order valence-electron chi connectivity index (χ4n) is 1.87. The third-order valence-electron chi connectivity index (χ3n) is 3.07. The Hall–Kier alpha value is -2.02. The van der Waals surface area contributed by atoms with Crippen molar-refractivity contribution in [3.8, 4) is 11.5 Å². The van der Waals surface area contributed by atoms with Crippen molar-refractivity contribution >= 4 is 29.9 Å². The maximum atomic E-state index is 5.93. The van der Waals surface area contributed by atoms with Crippen molar-refractivity contribution < 1.29 is 4.74 Å². The smallest absolute Gasteiger partial charge is 0.189 e. The summed E-state index contributed by atoms with van der Waals surface area (Å²) < 4.78 is 5.93. The highest BCUT2D eigenvalue weighted by Gasteiger charge is 2.04. The Bertz CT molecular complexity index is 654. The van der Waals surface area contributed by atoms with E-state index in [-0.39, 0.29) is 24.0 Å². The summed E-state index contributed by atoms with van der Waals surface area (Å²) in [6.45, 7) is 6.72. The fraction of sp³-hybridized carbons (Fsp3) is 0.167. The number of aliphatic imine (C=N–C) groups is 1. The number of hydrogen-bond acceptors (Lipinski definition) is 2. The van der Waals surface area contributed by atoms with E-state index in [2.05, 4.69) is 16.9 Å². The van der Waals surface area contributed by atoms with Crippen LogP contribution in [0.25, 0.3) is 0 Å². The number of benzene rings is 2. The first-order valence-corrected chi connectivity index (χ1v) is 7.16. The van der Waals surface area contributed by atoms with E-state index in [0.717, 1.165) is 17.1 Å². The van der Waals surface area contributed by atoms with Crippen LogP contribution in [0.3, 0.4) is 0 Å². The maximum Gasteiger partial charge on any atom is 0.189 e. The van der Waals surface area contributed by atoms with Gasteiger partial charge in [0.25, 0.3) is 0 Å². The first-order valence-electron chi connectivity index (χ1n) is 7.16. The molecule has 0 aromatic heterocycles. The minimum absolute atomic E-state index is 0. The number of nitrogens with two attached hydrogens (primary N) is 1. The second-order valence-corrected chi connectivity index (χ2v) is 4.89. The minimum Gasteiger partial charge on any atom is -0.457 e. The Morgan fingerprint density at radius 2 is 1.91 bits per heavy atom. The lowest BCUT2D eigenvalue weighted by atomic mass is 10.2. The highest BCUT2D eigenvalue weighted by molar-refractivity contribution is 14.0. The van der Waals surface area contributed by atoms with E-state index in [1.165, 1.54) is 5.56 Å². The van der Waals surface area contributed by atoms with Crippen molar-refractivity contribution in [2.24, 2.45) is 10.7 Å². The van der Waals surface area contributed by atoms with Gasteiger partial charge in [-0.05, 0) is 25.1 Å². The molecular weight excluding hydrogens is 401 g/mol. The topological polar surface area (TPSA) is 59.6 Å². The van der Waals surface area contributed by atoms with Gasteiger partial charge in [0.05, 0.1) is 6.54 Å². The molecule has 0 saturated heterocycles. The van der Waals surface area contributed by atoms with Gasteiger partial charge in [-0.15, -0.1) is 30.6 Å². The van der Waals surface area contributed by atoms with Crippen LogP contribution < -0.4 is 15.8 Å². The molecule has 2 aromatic carbocycles. The van der Waals surface area contributed by atoms with Crippen LogP contribution >= 0.6 is 24.0 Å². The molecular formula is C18H22IN3O. The number of halogens is 1. The first-order chi connectivity index (χ1) is 10.7. The third kappa shape index (κ3) is 6.32. The third-order valence-corrected chi connectivity index (χ3v) is 3.07. The highest BCUT2D eigenvalue weighted by Crippen LogP contribution is 2.25. The largest absolute Gasteiger partial charge is 0.457 e. The van der Waals surface area contributed by atoms with Crippen LogP contribution in [0.15, 0.2) is 66.2 Å². The van der Waals surface area contributed by atoms with Crippen LogP contribution in [0.5, 0.6) is 11.5 Å². The van der Waals surface area contributed by atoms with Crippen LogP contribution in [0.4, 0.5) is 0 Å². The zero-order valence-electron chi connectivity index (χ0n) is 13.2. The van der Waals surface area contributed by atoms with E-state index in [1.54, 1.807) is 6.08 Å². The van der Waals surface area contributed by atoms with Crippen LogP contribution in [0.1, 0.15) is 11.1 Å². The van der Waals surface area contributed by atoms with E-state index in [0.29, 0.717) is 19.0 Å². The van der Waals surface area contributed by atoms with Gasteiger partial charge in [-0.25, -0.2) is 4.99 Å². The standard InChI is InChI=1S/C18H21N3O.HI/c1-3-12-20-18(19)21-13-15-6-4-5-7-17(15)22-16-10-8-14(2)9-11-16;/h3-11H,1,12-13H2,2H3,(H3,19,20,21);1H. The average molecular weight is 423 g/mol. The van der Waals surface area contributed by atoms with Gasteiger partial charge in [0.15, 0.2) is 5.96 Å². The van der Waals surface area contributed by atoms with E-state index >= 15 is 0 Å². The molecule has 0 bridgehead atoms. The Morgan fingerprint density at radius 3 is 2.61 bits per heavy atom. The number of ether oxygens (including phenoxy) is 1. The number of guanidine groups is 1. The summed E-state index contributed by atoms with van der Waals surface area (Å²) in [5, 5.41) is 2.95. The summed E-state index contributed by atoms with van der Waals surface area (Å²) in [5.74, 6) is 1.98. The predicted octanol–water partition coefficient (Wildman–Crippen LogP) is 4.00. The monoisotopic (exact) mass is 423 g/mol. The summed E-state index contributed by atoms with van der Waals surface area (Å²) in [7, 11) is 0. The minimum atomic E-state index is 0. The van der Waals surface area contributed by atoms with Gasteiger partial charge in [-0.3, -0.25) is 0 Å². The van der Waals surface area contributed by atoms with Crippen molar-refractivity contribution in [1.82, 2.24) is 5.32 Å². The maximum absolute atomic E-state index is 5.93. The molecule has 0 atom stereocenters. The van der Waals surface area contributed by atoms with Crippen molar-refractivity contribution in [3.05, 3.63) is 72.3 Å². The Morgan fingerprint density at radius 1 is 1.22 bits per heavy atom. The zero-order valence-corrected chi connectivity index (χ0v) is 15.5. The highest BCUT2D eigenvalue weighted by atomic mass is 127. The molecule has 0 aliphatic heterocycles. The molecule has 4 nitrogen and oxygen atoms in total.